The largest absolute Gasteiger partial charge is 0.358 e. The van der Waals surface area contributed by atoms with Crippen LogP contribution in [-0.2, 0) is 0 Å². The Morgan fingerprint density at radius 3 is 2.13 bits per heavy atom. The van der Waals surface area contributed by atoms with Crippen LogP contribution in [0.4, 0.5) is 0 Å². The molecule has 3 heteroatoms. The van der Waals surface area contributed by atoms with E-state index in [9.17, 15) is 0 Å². The topological polar surface area (TPSA) is 30.3 Å². The average molecular weight is 211 g/mol. The van der Waals surface area contributed by atoms with Crippen molar-refractivity contribution < 1.29 is 0 Å². The van der Waals surface area contributed by atoms with E-state index in [4.69, 9.17) is 5.41 Å². The predicted octanol–water partition coefficient (Wildman–Crippen LogP) is 1.89. The molecular weight excluding hydrogens is 186 g/mol. The van der Waals surface area contributed by atoms with Gasteiger partial charge < -0.3 is 4.90 Å². The highest BCUT2D eigenvalue weighted by atomic mass is 15.3. The second-order valence-corrected chi connectivity index (χ2v) is 5.42. The molecule has 0 aromatic heterocycles. The Kier molecular flexibility index (Phi) is 4.58. The van der Waals surface area contributed by atoms with Gasteiger partial charge in [0.2, 0.25) is 0 Å². The van der Waals surface area contributed by atoms with E-state index in [0.29, 0.717) is 11.8 Å². The monoisotopic (exact) mass is 211 g/mol. The summed E-state index contributed by atoms with van der Waals surface area (Å²) in [7, 11) is 0. The van der Waals surface area contributed by atoms with Gasteiger partial charge >= 0.3 is 0 Å². The third-order valence-electron chi connectivity index (χ3n) is 2.65. The minimum atomic E-state index is 0.655. The molecule has 0 spiro atoms. The van der Waals surface area contributed by atoms with E-state index >= 15 is 0 Å². The van der Waals surface area contributed by atoms with Gasteiger partial charge in [0.05, 0.1) is 6.54 Å². The van der Waals surface area contributed by atoms with Crippen molar-refractivity contribution in [1.82, 2.24) is 9.80 Å². The lowest BCUT2D eigenvalue weighted by molar-refractivity contribution is 0.200. The summed E-state index contributed by atoms with van der Waals surface area (Å²) in [4.78, 5) is 4.62. The molecule has 0 aliphatic carbocycles. The molecule has 0 atom stereocenters. The number of hydrogen-bond donors (Lipinski definition) is 1. The zero-order valence-corrected chi connectivity index (χ0v) is 10.6. The molecule has 1 aliphatic rings. The third-order valence-corrected chi connectivity index (χ3v) is 2.65. The summed E-state index contributed by atoms with van der Waals surface area (Å²) >= 11 is 0. The number of piperazine rings is 1. The Morgan fingerprint density at radius 2 is 1.67 bits per heavy atom. The average Bonchev–Trinajstić information content (AvgIpc) is 2.08. The highest BCUT2D eigenvalue weighted by molar-refractivity contribution is 5.81. The molecule has 88 valence electrons. The molecule has 0 unspecified atom stereocenters. The van der Waals surface area contributed by atoms with Gasteiger partial charge in [0.25, 0.3) is 0 Å². The van der Waals surface area contributed by atoms with Crippen LogP contribution < -0.4 is 0 Å². The fourth-order valence-electron chi connectivity index (χ4n) is 2.10. The molecule has 0 aromatic rings. The van der Waals surface area contributed by atoms with Crippen LogP contribution in [-0.4, -0.2) is 48.4 Å². The first-order chi connectivity index (χ1) is 6.99. The zero-order valence-electron chi connectivity index (χ0n) is 10.6. The van der Waals surface area contributed by atoms with E-state index in [1.165, 1.54) is 0 Å². The van der Waals surface area contributed by atoms with E-state index in [-0.39, 0.29) is 0 Å². The van der Waals surface area contributed by atoms with Crippen molar-refractivity contribution in [3.05, 3.63) is 0 Å². The van der Waals surface area contributed by atoms with Crippen LogP contribution in [0, 0.1) is 17.2 Å². The Morgan fingerprint density at radius 1 is 1.07 bits per heavy atom. The number of nitrogens with zero attached hydrogens (tertiary/aromatic N) is 2. The van der Waals surface area contributed by atoms with Crippen LogP contribution in [0.2, 0.25) is 0 Å². The number of amidine groups is 1. The summed E-state index contributed by atoms with van der Waals surface area (Å²) in [6.45, 7) is 14.1. The molecule has 1 heterocycles. The number of nitrogens with one attached hydrogen (secondary N) is 1. The highest BCUT2D eigenvalue weighted by Crippen LogP contribution is 2.08. The van der Waals surface area contributed by atoms with Gasteiger partial charge in [0.1, 0.15) is 5.84 Å². The van der Waals surface area contributed by atoms with E-state index < -0.39 is 0 Å². The molecule has 0 saturated carbocycles. The standard InChI is InChI=1S/C12H25N3/c1-10(2)7-14-5-6-15(8-11(3)4)12(13)9-14/h10-11,13H,5-9H2,1-4H3. The van der Waals surface area contributed by atoms with Crippen molar-refractivity contribution in [3.63, 3.8) is 0 Å². The Hall–Kier alpha value is -0.570. The smallest absolute Gasteiger partial charge is 0.110 e. The van der Waals surface area contributed by atoms with Crippen LogP contribution >= 0.6 is 0 Å². The molecule has 0 amide bonds. The van der Waals surface area contributed by atoms with Gasteiger partial charge in [-0.15, -0.1) is 0 Å². The summed E-state index contributed by atoms with van der Waals surface area (Å²) in [5.41, 5.74) is 0. The minimum absolute atomic E-state index is 0.655. The molecule has 0 bridgehead atoms. The fraction of sp³-hybridized carbons (Fsp3) is 0.917. The SMILES string of the molecule is CC(C)CN1CCN(CC(C)C)C(=N)C1. The summed E-state index contributed by atoms with van der Waals surface area (Å²) in [6, 6.07) is 0. The van der Waals surface area contributed by atoms with Crippen molar-refractivity contribution in [2.24, 2.45) is 11.8 Å². The molecule has 1 aliphatic heterocycles. The van der Waals surface area contributed by atoms with E-state index in [0.717, 1.165) is 38.6 Å². The van der Waals surface area contributed by atoms with Crippen molar-refractivity contribution in [2.45, 2.75) is 27.7 Å². The van der Waals surface area contributed by atoms with Crippen LogP contribution in [0.5, 0.6) is 0 Å². The minimum Gasteiger partial charge on any atom is -0.358 e. The number of rotatable bonds is 4. The molecule has 15 heavy (non-hydrogen) atoms. The quantitative estimate of drug-likeness (QED) is 0.770. The maximum atomic E-state index is 8.00. The van der Waals surface area contributed by atoms with Crippen molar-refractivity contribution >= 4 is 5.84 Å². The van der Waals surface area contributed by atoms with Crippen LogP contribution in [0.25, 0.3) is 0 Å². The van der Waals surface area contributed by atoms with Crippen molar-refractivity contribution in [2.75, 3.05) is 32.7 Å². The van der Waals surface area contributed by atoms with Crippen molar-refractivity contribution in [3.8, 4) is 0 Å². The van der Waals surface area contributed by atoms with E-state index in [1.807, 2.05) is 0 Å². The molecular formula is C12H25N3. The Labute approximate surface area is 94.0 Å². The Bertz CT molecular complexity index is 211. The van der Waals surface area contributed by atoms with E-state index in [1.54, 1.807) is 0 Å². The van der Waals surface area contributed by atoms with Gasteiger partial charge in [-0.1, -0.05) is 27.7 Å². The molecule has 1 fully saturated rings. The second-order valence-electron chi connectivity index (χ2n) is 5.42. The summed E-state index contributed by atoms with van der Waals surface area (Å²) < 4.78 is 0. The van der Waals surface area contributed by atoms with Crippen LogP contribution in [0.15, 0.2) is 0 Å². The van der Waals surface area contributed by atoms with Gasteiger partial charge in [0.15, 0.2) is 0 Å². The van der Waals surface area contributed by atoms with Gasteiger partial charge in [-0.3, -0.25) is 10.3 Å². The lowest BCUT2D eigenvalue weighted by Gasteiger charge is -2.37. The molecule has 1 rings (SSSR count). The van der Waals surface area contributed by atoms with Gasteiger partial charge in [0, 0.05) is 26.2 Å². The van der Waals surface area contributed by atoms with Gasteiger partial charge in [-0.2, -0.15) is 0 Å². The fourth-order valence-corrected chi connectivity index (χ4v) is 2.10. The van der Waals surface area contributed by atoms with E-state index in [2.05, 4.69) is 37.5 Å². The summed E-state index contributed by atoms with van der Waals surface area (Å²) in [6.07, 6.45) is 0. The number of hydrogen-bond acceptors (Lipinski definition) is 2. The normalized spacial score (nSPS) is 19.3. The van der Waals surface area contributed by atoms with Crippen LogP contribution in [0.3, 0.4) is 0 Å². The first-order valence-electron chi connectivity index (χ1n) is 6.03. The first kappa shape index (κ1) is 12.5. The zero-order chi connectivity index (χ0) is 11.4. The predicted molar refractivity (Wildman–Crippen MR) is 65.4 cm³/mol. The lowest BCUT2D eigenvalue weighted by atomic mass is 10.1. The molecule has 0 radical (unpaired) electrons. The maximum Gasteiger partial charge on any atom is 0.110 e. The molecule has 3 nitrogen and oxygen atoms in total. The summed E-state index contributed by atoms with van der Waals surface area (Å²) in [5, 5.41) is 8.00. The molecule has 0 aromatic carbocycles. The first-order valence-corrected chi connectivity index (χ1v) is 6.03. The Balaban J connectivity index is 2.37. The van der Waals surface area contributed by atoms with Crippen molar-refractivity contribution in [1.29, 1.82) is 5.41 Å². The second kappa shape index (κ2) is 5.50. The van der Waals surface area contributed by atoms with Gasteiger partial charge in [-0.05, 0) is 11.8 Å². The van der Waals surface area contributed by atoms with Gasteiger partial charge in [-0.25, -0.2) is 0 Å². The molecule has 1 saturated heterocycles. The van der Waals surface area contributed by atoms with Crippen LogP contribution in [0.1, 0.15) is 27.7 Å². The maximum absolute atomic E-state index is 8.00. The third kappa shape index (κ3) is 4.20. The highest BCUT2D eigenvalue weighted by Gasteiger charge is 2.21. The molecule has 1 N–H and O–H groups in total. The lowest BCUT2D eigenvalue weighted by Crippen LogP contribution is -2.51. The summed E-state index contributed by atoms with van der Waals surface area (Å²) in [5.74, 6) is 2.16.